The van der Waals surface area contributed by atoms with Gasteiger partial charge in [0.15, 0.2) is 0 Å². The number of nitro groups is 1. The number of halogens is 2. The number of nitrogens with zero attached hydrogens (tertiary/aromatic N) is 1. The Morgan fingerprint density at radius 2 is 2.08 bits per heavy atom. The summed E-state index contributed by atoms with van der Waals surface area (Å²) < 4.78 is 0. The SMILES string of the molecule is NCc1ccc(Cl)c(Cl)c1[N+](=O)[O-]. The van der Waals surface area contributed by atoms with Gasteiger partial charge in [-0.3, -0.25) is 10.1 Å². The van der Waals surface area contributed by atoms with Crippen molar-refractivity contribution in [2.45, 2.75) is 6.54 Å². The average molecular weight is 221 g/mol. The van der Waals surface area contributed by atoms with Gasteiger partial charge < -0.3 is 5.73 Å². The molecule has 13 heavy (non-hydrogen) atoms. The largest absolute Gasteiger partial charge is 0.326 e. The molecule has 0 bridgehead atoms. The highest BCUT2D eigenvalue weighted by Gasteiger charge is 2.19. The Kier molecular flexibility index (Phi) is 3.08. The van der Waals surface area contributed by atoms with Crippen molar-refractivity contribution in [3.63, 3.8) is 0 Å². The van der Waals surface area contributed by atoms with Crippen LogP contribution in [0.3, 0.4) is 0 Å². The van der Waals surface area contributed by atoms with Gasteiger partial charge in [0.1, 0.15) is 5.02 Å². The van der Waals surface area contributed by atoms with Crippen LogP contribution in [0, 0.1) is 10.1 Å². The molecule has 2 N–H and O–H groups in total. The Labute approximate surface area is 84.4 Å². The molecule has 0 fully saturated rings. The summed E-state index contributed by atoms with van der Waals surface area (Å²) in [4.78, 5) is 9.97. The van der Waals surface area contributed by atoms with Crippen LogP contribution < -0.4 is 5.73 Å². The molecule has 0 radical (unpaired) electrons. The molecule has 0 saturated carbocycles. The lowest BCUT2D eigenvalue weighted by Gasteiger charge is -2.02. The molecular formula is C7H6Cl2N2O2. The van der Waals surface area contributed by atoms with Crippen LogP contribution in [0.15, 0.2) is 12.1 Å². The molecule has 0 aromatic heterocycles. The third kappa shape index (κ3) is 1.91. The van der Waals surface area contributed by atoms with E-state index in [1.165, 1.54) is 12.1 Å². The summed E-state index contributed by atoms with van der Waals surface area (Å²) in [7, 11) is 0. The quantitative estimate of drug-likeness (QED) is 0.615. The van der Waals surface area contributed by atoms with Gasteiger partial charge in [-0.1, -0.05) is 23.2 Å². The second kappa shape index (κ2) is 3.91. The maximum absolute atomic E-state index is 10.6. The van der Waals surface area contributed by atoms with Gasteiger partial charge in [0.2, 0.25) is 0 Å². The van der Waals surface area contributed by atoms with Crippen LogP contribution in [0.1, 0.15) is 5.56 Å². The summed E-state index contributed by atoms with van der Waals surface area (Å²) in [6.45, 7) is 0.0627. The zero-order valence-electron chi connectivity index (χ0n) is 6.46. The highest BCUT2D eigenvalue weighted by molar-refractivity contribution is 6.43. The third-order valence-corrected chi connectivity index (χ3v) is 2.35. The summed E-state index contributed by atoms with van der Waals surface area (Å²) in [5.41, 5.74) is 5.46. The Hall–Kier alpha value is -0.840. The summed E-state index contributed by atoms with van der Waals surface area (Å²) in [6, 6.07) is 2.98. The monoisotopic (exact) mass is 220 g/mol. The third-order valence-electron chi connectivity index (χ3n) is 1.56. The van der Waals surface area contributed by atoms with E-state index >= 15 is 0 Å². The molecule has 0 spiro atoms. The fourth-order valence-electron chi connectivity index (χ4n) is 0.942. The Morgan fingerprint density at radius 3 is 2.54 bits per heavy atom. The maximum atomic E-state index is 10.6. The molecule has 1 aromatic rings. The highest BCUT2D eigenvalue weighted by Crippen LogP contribution is 2.34. The normalized spacial score (nSPS) is 10.1. The molecule has 0 heterocycles. The van der Waals surface area contributed by atoms with E-state index in [0.29, 0.717) is 5.56 Å². The second-order valence-corrected chi connectivity index (χ2v) is 3.12. The number of hydrogen-bond acceptors (Lipinski definition) is 3. The van der Waals surface area contributed by atoms with E-state index in [2.05, 4.69) is 0 Å². The van der Waals surface area contributed by atoms with Crippen molar-refractivity contribution in [1.82, 2.24) is 0 Å². The summed E-state index contributed by atoms with van der Waals surface area (Å²) in [5, 5.41) is 10.7. The number of benzene rings is 1. The van der Waals surface area contributed by atoms with Crippen molar-refractivity contribution in [3.8, 4) is 0 Å². The highest BCUT2D eigenvalue weighted by atomic mass is 35.5. The molecule has 70 valence electrons. The fourth-order valence-corrected chi connectivity index (χ4v) is 1.35. The van der Waals surface area contributed by atoms with Gasteiger partial charge in [-0.05, 0) is 12.1 Å². The average Bonchev–Trinajstić information content (AvgIpc) is 2.08. The molecule has 0 aliphatic heterocycles. The molecule has 0 unspecified atom stereocenters. The zero-order valence-corrected chi connectivity index (χ0v) is 7.97. The first-order valence-corrected chi connectivity index (χ1v) is 4.15. The predicted octanol–water partition coefficient (Wildman–Crippen LogP) is 2.36. The van der Waals surface area contributed by atoms with E-state index in [1.807, 2.05) is 0 Å². The lowest BCUT2D eigenvalue weighted by atomic mass is 10.2. The molecule has 0 aliphatic rings. The van der Waals surface area contributed by atoms with Crippen LogP contribution in [0.25, 0.3) is 0 Å². The molecule has 4 nitrogen and oxygen atoms in total. The number of nitro benzene ring substituents is 1. The van der Waals surface area contributed by atoms with Crippen molar-refractivity contribution in [2.75, 3.05) is 0 Å². The van der Waals surface area contributed by atoms with E-state index in [0.717, 1.165) is 0 Å². The van der Waals surface area contributed by atoms with E-state index in [4.69, 9.17) is 28.9 Å². The van der Waals surface area contributed by atoms with Crippen LogP contribution in [0.2, 0.25) is 10.0 Å². The molecule has 1 rings (SSSR count). The minimum Gasteiger partial charge on any atom is -0.326 e. The van der Waals surface area contributed by atoms with E-state index in [9.17, 15) is 10.1 Å². The van der Waals surface area contributed by atoms with Crippen molar-refractivity contribution >= 4 is 28.9 Å². The molecule has 0 saturated heterocycles. The number of hydrogen-bond donors (Lipinski definition) is 1. The maximum Gasteiger partial charge on any atom is 0.293 e. The van der Waals surface area contributed by atoms with Crippen molar-refractivity contribution in [2.24, 2.45) is 5.73 Å². The zero-order chi connectivity index (χ0) is 10.0. The van der Waals surface area contributed by atoms with Gasteiger partial charge in [0.05, 0.1) is 9.95 Å². The Bertz CT molecular complexity index is 355. The standard InChI is InChI=1S/C7H6Cl2N2O2/c8-5-2-1-4(3-10)7(6(5)9)11(12)13/h1-2H,3,10H2. The van der Waals surface area contributed by atoms with Crippen LogP contribution in [-0.4, -0.2) is 4.92 Å². The van der Waals surface area contributed by atoms with Crippen molar-refractivity contribution in [3.05, 3.63) is 37.9 Å². The molecule has 6 heteroatoms. The van der Waals surface area contributed by atoms with Gasteiger partial charge in [0.25, 0.3) is 5.69 Å². The molecule has 0 aliphatic carbocycles. The van der Waals surface area contributed by atoms with Gasteiger partial charge in [-0.2, -0.15) is 0 Å². The minimum absolute atomic E-state index is 0.0605. The molecular weight excluding hydrogens is 215 g/mol. The lowest BCUT2D eigenvalue weighted by Crippen LogP contribution is -2.02. The van der Waals surface area contributed by atoms with Crippen LogP contribution >= 0.6 is 23.2 Å². The van der Waals surface area contributed by atoms with Gasteiger partial charge in [0, 0.05) is 12.1 Å². The molecule has 1 aromatic carbocycles. The van der Waals surface area contributed by atoms with Gasteiger partial charge in [-0.25, -0.2) is 0 Å². The first-order chi connectivity index (χ1) is 6.07. The van der Waals surface area contributed by atoms with E-state index in [1.54, 1.807) is 0 Å². The van der Waals surface area contributed by atoms with E-state index in [-0.39, 0.29) is 22.3 Å². The van der Waals surface area contributed by atoms with Crippen LogP contribution in [-0.2, 0) is 6.54 Å². The first kappa shape index (κ1) is 10.2. The minimum atomic E-state index is -0.587. The van der Waals surface area contributed by atoms with E-state index < -0.39 is 4.92 Å². The van der Waals surface area contributed by atoms with Gasteiger partial charge in [-0.15, -0.1) is 0 Å². The van der Waals surface area contributed by atoms with Crippen molar-refractivity contribution < 1.29 is 4.92 Å². The second-order valence-electron chi connectivity index (χ2n) is 2.33. The van der Waals surface area contributed by atoms with Crippen LogP contribution in [0.4, 0.5) is 5.69 Å². The Balaban J connectivity index is 3.41. The summed E-state index contributed by atoms with van der Waals surface area (Å²) in [6.07, 6.45) is 0. The molecule has 0 atom stereocenters. The van der Waals surface area contributed by atoms with Gasteiger partial charge >= 0.3 is 0 Å². The molecule has 0 amide bonds. The summed E-state index contributed by atoms with van der Waals surface area (Å²) in [5.74, 6) is 0. The van der Waals surface area contributed by atoms with Crippen molar-refractivity contribution in [1.29, 1.82) is 0 Å². The topological polar surface area (TPSA) is 69.2 Å². The Morgan fingerprint density at radius 1 is 1.46 bits per heavy atom. The number of nitrogens with two attached hydrogens (primary N) is 1. The van der Waals surface area contributed by atoms with Crippen LogP contribution in [0.5, 0.6) is 0 Å². The fraction of sp³-hybridized carbons (Fsp3) is 0.143. The first-order valence-electron chi connectivity index (χ1n) is 3.39. The number of rotatable bonds is 2. The summed E-state index contributed by atoms with van der Waals surface area (Å²) >= 11 is 11.3. The smallest absolute Gasteiger partial charge is 0.293 e. The predicted molar refractivity (Wildman–Crippen MR) is 51.0 cm³/mol. The lowest BCUT2D eigenvalue weighted by molar-refractivity contribution is -0.385.